The lowest BCUT2D eigenvalue weighted by molar-refractivity contribution is -0.167. The van der Waals surface area contributed by atoms with Crippen molar-refractivity contribution in [2.75, 3.05) is 13.2 Å². The fourth-order valence-corrected chi connectivity index (χ4v) is 7.95. The number of ether oxygens (including phenoxy) is 3. The van der Waals surface area contributed by atoms with Crippen molar-refractivity contribution >= 4 is 17.9 Å². The summed E-state index contributed by atoms with van der Waals surface area (Å²) in [5, 5.41) is 0. The zero-order valence-electron chi connectivity index (χ0n) is 49.4. The largest absolute Gasteiger partial charge is 0.462 e. The molecule has 0 fully saturated rings. The van der Waals surface area contributed by atoms with Crippen LogP contribution in [-0.4, -0.2) is 37.2 Å². The minimum Gasteiger partial charge on any atom is -0.462 e. The van der Waals surface area contributed by atoms with Gasteiger partial charge in [-0.15, -0.1) is 0 Å². The van der Waals surface area contributed by atoms with E-state index in [4.69, 9.17) is 14.2 Å². The lowest BCUT2D eigenvalue weighted by atomic mass is 10.1. The highest BCUT2D eigenvalue weighted by atomic mass is 16.6. The first-order chi connectivity index (χ1) is 38.0. The Kier molecular flexibility index (Phi) is 59.5. The number of rotatable bonds is 54. The molecular weight excluding hydrogens is 949 g/mol. The Bertz CT molecular complexity index is 1740. The van der Waals surface area contributed by atoms with Gasteiger partial charge in [0.15, 0.2) is 6.10 Å². The summed E-state index contributed by atoms with van der Waals surface area (Å²) in [5.74, 6) is -0.952. The molecule has 0 aromatic carbocycles. The van der Waals surface area contributed by atoms with E-state index in [1.54, 1.807) is 0 Å². The van der Waals surface area contributed by atoms with Crippen LogP contribution in [0.15, 0.2) is 158 Å². The Morgan fingerprint density at radius 1 is 0.273 bits per heavy atom. The molecule has 0 aliphatic rings. The van der Waals surface area contributed by atoms with Gasteiger partial charge in [0.1, 0.15) is 13.2 Å². The molecule has 0 N–H and O–H groups in total. The van der Waals surface area contributed by atoms with Gasteiger partial charge < -0.3 is 14.2 Å². The minimum atomic E-state index is -0.801. The second-order valence-corrected chi connectivity index (χ2v) is 19.9. The number of carbonyl (C=O) groups is 3. The van der Waals surface area contributed by atoms with Crippen LogP contribution in [0, 0.1) is 0 Å². The van der Waals surface area contributed by atoms with Gasteiger partial charge >= 0.3 is 17.9 Å². The van der Waals surface area contributed by atoms with Crippen molar-refractivity contribution in [2.45, 2.75) is 258 Å². The zero-order chi connectivity index (χ0) is 55.7. The maximum Gasteiger partial charge on any atom is 0.306 e. The molecule has 77 heavy (non-hydrogen) atoms. The van der Waals surface area contributed by atoms with Crippen molar-refractivity contribution in [2.24, 2.45) is 0 Å². The normalized spacial score (nSPS) is 13.2. The Labute approximate surface area is 473 Å². The second kappa shape index (κ2) is 63.6. The average Bonchev–Trinajstić information content (AvgIpc) is 3.43. The van der Waals surface area contributed by atoms with Crippen LogP contribution in [0.3, 0.4) is 0 Å². The molecule has 0 aliphatic heterocycles. The van der Waals surface area contributed by atoms with E-state index in [0.717, 1.165) is 154 Å². The summed E-state index contributed by atoms with van der Waals surface area (Å²) in [6.07, 6.45) is 92.6. The quantitative estimate of drug-likeness (QED) is 0.0261. The summed E-state index contributed by atoms with van der Waals surface area (Å²) in [4.78, 5) is 38.0. The Morgan fingerprint density at radius 3 is 0.805 bits per heavy atom. The third-order valence-corrected chi connectivity index (χ3v) is 12.5. The van der Waals surface area contributed by atoms with Crippen LogP contribution in [0.1, 0.15) is 252 Å². The fourth-order valence-electron chi connectivity index (χ4n) is 7.95. The molecular formula is C71H112O6. The van der Waals surface area contributed by atoms with E-state index in [2.05, 4.69) is 179 Å². The van der Waals surface area contributed by atoms with Crippen LogP contribution in [0.5, 0.6) is 0 Å². The molecule has 0 aromatic rings. The Hall–Kier alpha value is -4.97. The first-order valence-corrected chi connectivity index (χ1v) is 31.0. The highest BCUT2D eigenvalue weighted by Crippen LogP contribution is 2.14. The number of hydrogen-bond acceptors (Lipinski definition) is 6. The molecule has 0 radical (unpaired) electrons. The van der Waals surface area contributed by atoms with Crippen LogP contribution in [0.25, 0.3) is 0 Å². The predicted octanol–water partition coefficient (Wildman–Crippen LogP) is 21.3. The third kappa shape index (κ3) is 61.8. The number of allylic oxidation sites excluding steroid dienone is 26. The first-order valence-electron chi connectivity index (χ1n) is 31.0. The van der Waals surface area contributed by atoms with Gasteiger partial charge in [-0.25, -0.2) is 0 Å². The summed E-state index contributed by atoms with van der Waals surface area (Å²) in [6, 6.07) is 0. The van der Waals surface area contributed by atoms with E-state index < -0.39 is 6.10 Å². The van der Waals surface area contributed by atoms with Crippen molar-refractivity contribution in [1.82, 2.24) is 0 Å². The van der Waals surface area contributed by atoms with Crippen molar-refractivity contribution in [1.29, 1.82) is 0 Å². The Morgan fingerprint density at radius 2 is 0.506 bits per heavy atom. The number of carbonyl (C=O) groups excluding carboxylic acids is 3. The van der Waals surface area contributed by atoms with Crippen LogP contribution in [0.2, 0.25) is 0 Å². The lowest BCUT2D eigenvalue weighted by Crippen LogP contribution is -2.30. The highest BCUT2D eigenvalue weighted by molar-refractivity contribution is 5.71. The molecule has 0 aliphatic carbocycles. The monoisotopic (exact) mass is 1060 g/mol. The van der Waals surface area contributed by atoms with Crippen molar-refractivity contribution in [3.63, 3.8) is 0 Å². The molecule has 432 valence electrons. The van der Waals surface area contributed by atoms with Gasteiger partial charge in [0.05, 0.1) is 0 Å². The molecule has 6 nitrogen and oxygen atoms in total. The van der Waals surface area contributed by atoms with E-state index in [1.807, 2.05) is 0 Å². The van der Waals surface area contributed by atoms with Gasteiger partial charge in [-0.2, -0.15) is 0 Å². The van der Waals surface area contributed by atoms with Crippen molar-refractivity contribution in [3.8, 4) is 0 Å². The SMILES string of the molecule is CC/C=C\C/C=C\C/C=C\C/C=C\C/C=C\C/C=C\C/C=C\C/C=C\C/C=C\CCCCCC(=O)OCC(COC(=O)CCCCCCCCC)OC(=O)CCCCCCCCCC/C=C\C/C=C\C/C=C\C/C=C\CC. The van der Waals surface area contributed by atoms with E-state index in [0.29, 0.717) is 19.3 Å². The van der Waals surface area contributed by atoms with Crippen LogP contribution in [0.4, 0.5) is 0 Å². The number of hydrogen-bond donors (Lipinski definition) is 0. The smallest absolute Gasteiger partial charge is 0.306 e. The van der Waals surface area contributed by atoms with E-state index >= 15 is 0 Å². The van der Waals surface area contributed by atoms with E-state index in [1.165, 1.54) is 57.8 Å². The van der Waals surface area contributed by atoms with Gasteiger partial charge in [0.2, 0.25) is 0 Å². The Balaban J connectivity index is 4.28. The summed E-state index contributed by atoms with van der Waals surface area (Å²) in [7, 11) is 0. The van der Waals surface area contributed by atoms with Gasteiger partial charge in [0, 0.05) is 19.3 Å². The first kappa shape index (κ1) is 72.0. The molecule has 1 unspecified atom stereocenters. The summed E-state index contributed by atoms with van der Waals surface area (Å²) >= 11 is 0. The molecule has 0 bridgehead atoms. The van der Waals surface area contributed by atoms with Crippen LogP contribution in [-0.2, 0) is 28.6 Å². The molecule has 0 saturated heterocycles. The molecule has 0 aromatic heterocycles. The summed E-state index contributed by atoms with van der Waals surface area (Å²) < 4.78 is 16.8. The molecule has 0 saturated carbocycles. The molecule has 0 spiro atoms. The standard InChI is InChI=1S/C71H112O6/c1-4-7-10-13-16-18-20-22-24-26-28-30-31-32-33-34-35-36-37-38-39-41-42-44-46-48-50-52-55-58-61-64-70(73)76-67-68(66-75-69(72)63-60-57-54-15-12-9-6-3)77-71(74)65-62-59-56-53-51-49-47-45-43-40-29-27-25-23-21-19-17-14-11-8-5-2/h7-8,10-11,16-19,22-25,28-30,32-33,35-36,38-40,42,44,48,50,68H,4-6,9,12-15,20-21,26-27,31,34,37,41,43,45-47,49,51-67H2,1-3H3/b10-7-,11-8-,18-16-,19-17-,24-22-,25-23-,30-28-,33-32-,36-35-,39-38-,40-29-,44-42-,50-48-. The highest BCUT2D eigenvalue weighted by Gasteiger charge is 2.19. The van der Waals surface area contributed by atoms with E-state index in [9.17, 15) is 14.4 Å². The fraction of sp³-hybridized carbons (Fsp3) is 0.592. The third-order valence-electron chi connectivity index (χ3n) is 12.5. The average molecular weight is 1060 g/mol. The molecule has 0 rings (SSSR count). The van der Waals surface area contributed by atoms with Crippen molar-refractivity contribution in [3.05, 3.63) is 158 Å². The molecule has 1 atom stereocenters. The van der Waals surface area contributed by atoms with Crippen molar-refractivity contribution < 1.29 is 28.6 Å². The molecule has 0 amide bonds. The topological polar surface area (TPSA) is 78.9 Å². The summed E-state index contributed by atoms with van der Waals surface area (Å²) in [6.45, 7) is 6.33. The second-order valence-electron chi connectivity index (χ2n) is 19.9. The number of unbranched alkanes of at least 4 members (excludes halogenated alkanes) is 17. The summed E-state index contributed by atoms with van der Waals surface area (Å²) in [5.41, 5.74) is 0. The van der Waals surface area contributed by atoms with Crippen LogP contribution >= 0.6 is 0 Å². The van der Waals surface area contributed by atoms with Gasteiger partial charge in [-0.3, -0.25) is 14.4 Å². The van der Waals surface area contributed by atoms with E-state index in [-0.39, 0.29) is 31.1 Å². The molecule has 0 heterocycles. The maximum atomic E-state index is 12.8. The molecule has 6 heteroatoms. The van der Waals surface area contributed by atoms with Gasteiger partial charge in [-0.05, 0) is 128 Å². The van der Waals surface area contributed by atoms with Crippen LogP contribution < -0.4 is 0 Å². The zero-order valence-corrected chi connectivity index (χ0v) is 49.4. The maximum absolute atomic E-state index is 12.8. The number of esters is 3. The van der Waals surface area contributed by atoms with Gasteiger partial charge in [-0.1, -0.05) is 262 Å². The van der Waals surface area contributed by atoms with Gasteiger partial charge in [0.25, 0.3) is 0 Å². The predicted molar refractivity (Wildman–Crippen MR) is 334 cm³/mol. The lowest BCUT2D eigenvalue weighted by Gasteiger charge is -2.18. The minimum absolute atomic E-state index is 0.0973.